The maximum absolute atomic E-state index is 4.39. The average Bonchev–Trinajstić information content (AvgIpc) is 2.79. The van der Waals surface area contributed by atoms with Crippen LogP contribution < -0.4 is 5.32 Å². The number of allylic oxidation sites excluding steroid dienone is 1. The van der Waals surface area contributed by atoms with Crippen molar-refractivity contribution in [1.82, 2.24) is 10.2 Å². The van der Waals surface area contributed by atoms with E-state index in [4.69, 9.17) is 0 Å². The van der Waals surface area contributed by atoms with E-state index in [9.17, 15) is 0 Å². The van der Waals surface area contributed by atoms with Gasteiger partial charge < -0.3 is 10.2 Å². The Hall–Kier alpha value is -1.25. The highest BCUT2D eigenvalue weighted by Crippen LogP contribution is 2.32. The summed E-state index contributed by atoms with van der Waals surface area (Å²) in [6, 6.07) is 0.157. The zero-order valence-corrected chi connectivity index (χ0v) is 15.5. The fourth-order valence-electron chi connectivity index (χ4n) is 3.13. The summed E-state index contributed by atoms with van der Waals surface area (Å²) in [5.41, 5.74) is 2.48. The molecule has 1 N–H and O–H groups in total. The molecule has 0 saturated carbocycles. The molecule has 0 radical (unpaired) electrons. The van der Waals surface area contributed by atoms with E-state index in [0.29, 0.717) is 0 Å². The number of rotatable bonds is 6. The quantitative estimate of drug-likeness (QED) is 0.728. The molecular formula is C19H35N3. The number of aliphatic imine (C=N–C) groups is 1. The molecule has 0 amide bonds. The first-order valence-electron chi connectivity index (χ1n) is 8.31. The molecule has 1 fully saturated rings. The topological polar surface area (TPSA) is 27.6 Å². The van der Waals surface area contributed by atoms with Gasteiger partial charge in [-0.15, -0.1) is 0 Å². The van der Waals surface area contributed by atoms with Gasteiger partial charge in [-0.05, 0) is 36.8 Å². The largest absolute Gasteiger partial charge is 0.380 e. The van der Waals surface area contributed by atoms with Crippen molar-refractivity contribution in [2.24, 2.45) is 15.8 Å². The number of hydrogen-bond acceptors (Lipinski definition) is 3. The van der Waals surface area contributed by atoms with Crippen LogP contribution in [0.25, 0.3) is 0 Å². The van der Waals surface area contributed by atoms with Crippen LogP contribution in [0.1, 0.15) is 60.8 Å². The van der Waals surface area contributed by atoms with Crippen LogP contribution in [0, 0.1) is 10.8 Å². The summed E-state index contributed by atoms with van der Waals surface area (Å²) in [6.45, 7) is 26.8. The van der Waals surface area contributed by atoms with Crippen LogP contribution in [0.15, 0.2) is 29.5 Å². The van der Waals surface area contributed by atoms with Gasteiger partial charge in [0.1, 0.15) is 6.17 Å². The van der Waals surface area contributed by atoms with Gasteiger partial charge in [0.05, 0.1) is 6.04 Å². The number of nitrogens with zero attached hydrogens (tertiary/aromatic N) is 2. The van der Waals surface area contributed by atoms with Crippen LogP contribution in [0.2, 0.25) is 0 Å². The minimum atomic E-state index is 0.0617. The van der Waals surface area contributed by atoms with Crippen LogP contribution in [-0.2, 0) is 0 Å². The van der Waals surface area contributed by atoms with Gasteiger partial charge in [0.15, 0.2) is 0 Å². The maximum Gasteiger partial charge on any atom is 0.120 e. The minimum Gasteiger partial charge on any atom is -0.380 e. The molecule has 1 aliphatic heterocycles. The predicted molar refractivity (Wildman–Crippen MR) is 98.0 cm³/mol. The number of hydrogen-bond donors (Lipinski definition) is 1. The normalized spacial score (nSPS) is 20.6. The van der Waals surface area contributed by atoms with Crippen molar-refractivity contribution in [2.75, 3.05) is 6.54 Å². The molecule has 3 nitrogen and oxygen atoms in total. The summed E-state index contributed by atoms with van der Waals surface area (Å²) < 4.78 is 0. The molecule has 1 aliphatic rings. The Bertz CT molecular complexity index is 423. The van der Waals surface area contributed by atoms with E-state index in [2.05, 4.69) is 76.6 Å². The third-order valence-electron chi connectivity index (χ3n) is 4.09. The van der Waals surface area contributed by atoms with E-state index in [1.54, 1.807) is 0 Å². The molecule has 0 aromatic heterocycles. The third kappa shape index (κ3) is 5.19. The lowest BCUT2D eigenvalue weighted by molar-refractivity contribution is 0.228. The smallest absolute Gasteiger partial charge is 0.120 e. The van der Waals surface area contributed by atoms with E-state index >= 15 is 0 Å². The summed E-state index contributed by atoms with van der Waals surface area (Å²) in [5.74, 6) is 0. The highest BCUT2D eigenvalue weighted by molar-refractivity contribution is 5.25. The second-order valence-corrected chi connectivity index (χ2v) is 8.77. The van der Waals surface area contributed by atoms with Gasteiger partial charge in [0, 0.05) is 17.9 Å². The third-order valence-corrected chi connectivity index (χ3v) is 4.09. The Kier molecular flexibility index (Phi) is 5.89. The zero-order chi connectivity index (χ0) is 17.1. The van der Waals surface area contributed by atoms with Crippen molar-refractivity contribution in [3.63, 3.8) is 0 Å². The fourth-order valence-corrected chi connectivity index (χ4v) is 3.13. The van der Waals surface area contributed by atoms with Crippen molar-refractivity contribution in [1.29, 1.82) is 0 Å². The Morgan fingerprint density at radius 2 is 1.82 bits per heavy atom. The van der Waals surface area contributed by atoms with Gasteiger partial charge in [0.2, 0.25) is 0 Å². The van der Waals surface area contributed by atoms with E-state index in [1.807, 2.05) is 0 Å². The van der Waals surface area contributed by atoms with Gasteiger partial charge in [-0.2, -0.15) is 0 Å². The summed E-state index contributed by atoms with van der Waals surface area (Å²) in [7, 11) is 0. The lowest BCUT2D eigenvalue weighted by Crippen LogP contribution is -2.47. The highest BCUT2D eigenvalue weighted by atomic mass is 15.3. The molecule has 0 aromatic rings. The van der Waals surface area contributed by atoms with E-state index in [-0.39, 0.29) is 23.0 Å². The molecule has 1 unspecified atom stereocenters. The van der Waals surface area contributed by atoms with Crippen molar-refractivity contribution >= 4 is 6.72 Å². The monoisotopic (exact) mass is 305 g/mol. The van der Waals surface area contributed by atoms with Gasteiger partial charge in [-0.3, -0.25) is 4.99 Å². The van der Waals surface area contributed by atoms with Gasteiger partial charge in [0.25, 0.3) is 0 Å². The molecule has 0 aromatic carbocycles. The van der Waals surface area contributed by atoms with Crippen molar-refractivity contribution in [2.45, 2.75) is 73.0 Å². The first kappa shape index (κ1) is 18.8. The zero-order valence-electron chi connectivity index (χ0n) is 15.5. The number of nitrogens with one attached hydrogen (secondary N) is 1. The van der Waals surface area contributed by atoms with Crippen LogP contribution in [-0.4, -0.2) is 30.4 Å². The molecular weight excluding hydrogens is 270 g/mol. The van der Waals surface area contributed by atoms with Gasteiger partial charge >= 0.3 is 0 Å². The van der Waals surface area contributed by atoms with Crippen molar-refractivity contribution in [3.05, 3.63) is 24.6 Å². The van der Waals surface area contributed by atoms with Crippen LogP contribution in [0.4, 0.5) is 0 Å². The van der Waals surface area contributed by atoms with Gasteiger partial charge in [-0.1, -0.05) is 54.7 Å². The van der Waals surface area contributed by atoms with Crippen LogP contribution >= 0.6 is 0 Å². The molecule has 22 heavy (non-hydrogen) atoms. The summed E-state index contributed by atoms with van der Waals surface area (Å²) in [4.78, 5) is 6.56. The van der Waals surface area contributed by atoms with Crippen molar-refractivity contribution in [3.8, 4) is 0 Å². The van der Waals surface area contributed by atoms with E-state index in [0.717, 1.165) is 37.2 Å². The molecule has 1 heterocycles. The lowest BCUT2D eigenvalue weighted by Gasteiger charge is -2.40. The molecule has 1 rings (SSSR count). The standard InChI is InChI=1S/C19H35N3/c1-14(13-18(3,4)5)21-17(19(6,7)8)15(2)22-12-10-11-16(22)20-9/h16-17,21H,1-2,9-13H2,3-8H3/t16-,17?/m0/s1. The SMILES string of the molecule is C=N[C@@H]1CCCN1C(=C)C(NC(=C)CC(C)(C)C)C(C)(C)C. The first-order valence-corrected chi connectivity index (χ1v) is 8.31. The first-order chi connectivity index (χ1) is 9.95. The Morgan fingerprint density at radius 1 is 1.23 bits per heavy atom. The fraction of sp³-hybridized carbons (Fsp3) is 0.737. The molecule has 0 spiro atoms. The summed E-state index contributed by atoms with van der Waals surface area (Å²) in [5, 5.41) is 3.64. The average molecular weight is 306 g/mol. The van der Waals surface area contributed by atoms with Gasteiger partial charge in [-0.25, -0.2) is 0 Å². The molecule has 0 aliphatic carbocycles. The molecule has 0 bridgehead atoms. The minimum absolute atomic E-state index is 0.0617. The lowest BCUT2D eigenvalue weighted by atomic mass is 9.83. The second kappa shape index (κ2) is 6.89. The van der Waals surface area contributed by atoms with E-state index < -0.39 is 0 Å². The maximum atomic E-state index is 4.39. The van der Waals surface area contributed by atoms with Crippen LogP contribution in [0.5, 0.6) is 0 Å². The number of likely N-dealkylation sites (tertiary alicyclic amines) is 1. The molecule has 3 heteroatoms. The predicted octanol–water partition coefficient (Wildman–Crippen LogP) is 4.58. The van der Waals surface area contributed by atoms with Crippen LogP contribution in [0.3, 0.4) is 0 Å². The Balaban J connectivity index is 2.87. The molecule has 1 saturated heterocycles. The highest BCUT2D eigenvalue weighted by Gasteiger charge is 2.34. The Labute approximate surface area is 137 Å². The van der Waals surface area contributed by atoms with Crippen molar-refractivity contribution < 1.29 is 0 Å². The summed E-state index contributed by atoms with van der Waals surface area (Å²) >= 11 is 0. The second-order valence-electron chi connectivity index (χ2n) is 8.77. The molecule has 126 valence electrons. The Morgan fingerprint density at radius 3 is 2.27 bits per heavy atom. The van der Waals surface area contributed by atoms with E-state index in [1.165, 1.54) is 0 Å². The molecule has 2 atom stereocenters. The summed E-state index contributed by atoms with van der Waals surface area (Å²) in [6.07, 6.45) is 3.36.